The standard InChI is InChI=1S/C18H28N4O2/c1-5-22(6-2)12-8-7-11-19-18-14-9-10-15(23-3)17(24-4)16(14)20-13-21-18/h9-10,13H,5-8,11-12H2,1-4H3,(H,19,20,21). The third-order valence-electron chi connectivity index (χ3n) is 4.24. The molecule has 0 bridgehead atoms. The van der Waals surface area contributed by atoms with Gasteiger partial charge in [-0.05, 0) is 44.6 Å². The second kappa shape index (κ2) is 9.27. The van der Waals surface area contributed by atoms with Gasteiger partial charge in [0.15, 0.2) is 11.5 Å². The fourth-order valence-corrected chi connectivity index (χ4v) is 2.79. The Morgan fingerprint density at radius 1 is 1.04 bits per heavy atom. The number of nitrogens with one attached hydrogen (secondary N) is 1. The molecule has 0 atom stereocenters. The summed E-state index contributed by atoms with van der Waals surface area (Å²) in [4.78, 5) is 11.2. The number of nitrogens with zero attached hydrogens (tertiary/aromatic N) is 3. The maximum Gasteiger partial charge on any atom is 0.187 e. The van der Waals surface area contributed by atoms with Gasteiger partial charge >= 0.3 is 0 Å². The lowest BCUT2D eigenvalue weighted by Crippen LogP contribution is -2.24. The Morgan fingerprint density at radius 2 is 1.83 bits per heavy atom. The highest BCUT2D eigenvalue weighted by molar-refractivity contribution is 5.94. The van der Waals surface area contributed by atoms with Gasteiger partial charge in [-0.3, -0.25) is 0 Å². The van der Waals surface area contributed by atoms with Crippen LogP contribution in [0.3, 0.4) is 0 Å². The molecule has 0 unspecified atom stereocenters. The number of hydrogen-bond donors (Lipinski definition) is 1. The normalized spacial score (nSPS) is 11.0. The topological polar surface area (TPSA) is 59.5 Å². The minimum atomic E-state index is 0.641. The van der Waals surface area contributed by atoms with E-state index in [2.05, 4.69) is 34.0 Å². The summed E-state index contributed by atoms with van der Waals surface area (Å²) in [6.07, 6.45) is 3.84. The lowest BCUT2D eigenvalue weighted by Gasteiger charge is -2.17. The van der Waals surface area contributed by atoms with Gasteiger partial charge in [0.25, 0.3) is 0 Å². The van der Waals surface area contributed by atoms with Crippen LogP contribution < -0.4 is 14.8 Å². The van der Waals surface area contributed by atoms with Gasteiger partial charge in [-0.15, -0.1) is 0 Å². The molecule has 0 aliphatic rings. The number of unbranched alkanes of at least 4 members (excludes halogenated alkanes) is 1. The lowest BCUT2D eigenvalue weighted by atomic mass is 10.2. The van der Waals surface area contributed by atoms with Gasteiger partial charge < -0.3 is 19.7 Å². The molecule has 0 saturated carbocycles. The van der Waals surface area contributed by atoms with Gasteiger partial charge in [-0.1, -0.05) is 13.8 Å². The van der Waals surface area contributed by atoms with Crippen LogP contribution in [-0.2, 0) is 0 Å². The van der Waals surface area contributed by atoms with Crippen LogP contribution in [0.4, 0.5) is 5.82 Å². The Morgan fingerprint density at radius 3 is 2.50 bits per heavy atom. The average molecular weight is 332 g/mol. The summed E-state index contributed by atoms with van der Waals surface area (Å²) in [7, 11) is 3.25. The van der Waals surface area contributed by atoms with Crippen molar-refractivity contribution < 1.29 is 9.47 Å². The summed E-state index contributed by atoms with van der Waals surface area (Å²) < 4.78 is 10.8. The van der Waals surface area contributed by atoms with E-state index in [-0.39, 0.29) is 0 Å². The van der Waals surface area contributed by atoms with E-state index in [4.69, 9.17) is 9.47 Å². The van der Waals surface area contributed by atoms with E-state index >= 15 is 0 Å². The first-order valence-corrected chi connectivity index (χ1v) is 8.57. The first-order chi connectivity index (χ1) is 11.7. The van der Waals surface area contributed by atoms with Crippen molar-refractivity contribution in [2.24, 2.45) is 0 Å². The van der Waals surface area contributed by atoms with Crippen LogP contribution in [0.1, 0.15) is 26.7 Å². The highest BCUT2D eigenvalue weighted by Crippen LogP contribution is 2.35. The van der Waals surface area contributed by atoms with E-state index in [0.29, 0.717) is 11.5 Å². The molecular formula is C18H28N4O2. The van der Waals surface area contributed by atoms with Crippen LogP contribution in [0.25, 0.3) is 10.9 Å². The molecule has 0 radical (unpaired) electrons. The number of rotatable bonds is 10. The second-order valence-electron chi connectivity index (χ2n) is 5.58. The number of hydrogen-bond acceptors (Lipinski definition) is 6. The predicted octanol–water partition coefficient (Wildman–Crippen LogP) is 3.18. The minimum Gasteiger partial charge on any atom is -0.493 e. The van der Waals surface area contributed by atoms with E-state index in [1.807, 2.05) is 12.1 Å². The molecule has 2 rings (SSSR count). The first kappa shape index (κ1) is 18.3. The summed E-state index contributed by atoms with van der Waals surface area (Å²) >= 11 is 0. The highest BCUT2D eigenvalue weighted by Gasteiger charge is 2.13. The summed E-state index contributed by atoms with van der Waals surface area (Å²) in [6, 6.07) is 3.85. The number of ether oxygens (including phenoxy) is 2. The van der Waals surface area contributed by atoms with Crippen molar-refractivity contribution in [2.45, 2.75) is 26.7 Å². The van der Waals surface area contributed by atoms with Gasteiger partial charge in [-0.2, -0.15) is 0 Å². The molecule has 132 valence electrons. The van der Waals surface area contributed by atoms with Crippen LogP contribution in [-0.4, -0.2) is 55.3 Å². The van der Waals surface area contributed by atoms with Crippen molar-refractivity contribution in [1.82, 2.24) is 14.9 Å². The molecule has 1 heterocycles. The van der Waals surface area contributed by atoms with Gasteiger partial charge in [0, 0.05) is 11.9 Å². The maximum absolute atomic E-state index is 5.45. The third-order valence-corrected chi connectivity index (χ3v) is 4.24. The van der Waals surface area contributed by atoms with Gasteiger partial charge in [0.2, 0.25) is 0 Å². The molecule has 0 aliphatic carbocycles. The monoisotopic (exact) mass is 332 g/mol. The Balaban J connectivity index is 2.02. The summed E-state index contributed by atoms with van der Waals surface area (Å²) in [5.74, 6) is 2.15. The smallest absolute Gasteiger partial charge is 0.187 e. The molecule has 0 amide bonds. The zero-order valence-corrected chi connectivity index (χ0v) is 15.1. The van der Waals surface area contributed by atoms with Gasteiger partial charge in [-0.25, -0.2) is 9.97 Å². The second-order valence-corrected chi connectivity index (χ2v) is 5.58. The highest BCUT2D eigenvalue weighted by atomic mass is 16.5. The molecule has 1 aromatic heterocycles. The van der Waals surface area contributed by atoms with Crippen molar-refractivity contribution >= 4 is 16.7 Å². The quantitative estimate of drug-likeness (QED) is 0.674. The zero-order valence-electron chi connectivity index (χ0n) is 15.1. The van der Waals surface area contributed by atoms with Crippen LogP contribution >= 0.6 is 0 Å². The fourth-order valence-electron chi connectivity index (χ4n) is 2.79. The predicted molar refractivity (Wildman–Crippen MR) is 98.2 cm³/mol. The number of methoxy groups -OCH3 is 2. The fraction of sp³-hybridized carbons (Fsp3) is 0.556. The van der Waals surface area contributed by atoms with Crippen molar-refractivity contribution in [3.05, 3.63) is 18.5 Å². The molecule has 0 aliphatic heterocycles. The lowest BCUT2D eigenvalue weighted by molar-refractivity contribution is 0.298. The third kappa shape index (κ3) is 4.26. The number of aromatic nitrogens is 2. The number of anilines is 1. The van der Waals surface area contributed by atoms with E-state index in [9.17, 15) is 0 Å². The molecule has 6 heteroatoms. The van der Waals surface area contributed by atoms with Crippen molar-refractivity contribution in [3.63, 3.8) is 0 Å². The molecule has 1 aromatic carbocycles. The summed E-state index contributed by atoms with van der Waals surface area (Å²) in [5.41, 5.74) is 0.762. The van der Waals surface area contributed by atoms with Crippen LogP contribution in [0.15, 0.2) is 18.5 Å². The molecule has 0 spiro atoms. The summed E-state index contributed by atoms with van der Waals surface area (Å²) in [6.45, 7) is 8.67. The maximum atomic E-state index is 5.45. The number of benzene rings is 1. The van der Waals surface area contributed by atoms with Crippen molar-refractivity contribution in [1.29, 1.82) is 0 Å². The van der Waals surface area contributed by atoms with Crippen LogP contribution in [0, 0.1) is 0 Å². The van der Waals surface area contributed by atoms with E-state index in [1.54, 1.807) is 20.5 Å². The molecule has 2 aromatic rings. The average Bonchev–Trinajstić information content (AvgIpc) is 2.63. The van der Waals surface area contributed by atoms with Gasteiger partial charge in [0.05, 0.1) is 14.2 Å². The Hall–Kier alpha value is -2.08. The Bertz CT molecular complexity index is 644. The van der Waals surface area contributed by atoms with Crippen LogP contribution in [0.2, 0.25) is 0 Å². The van der Waals surface area contributed by atoms with Crippen LogP contribution in [0.5, 0.6) is 11.5 Å². The summed E-state index contributed by atoms with van der Waals surface area (Å²) in [5, 5.41) is 4.36. The van der Waals surface area contributed by atoms with E-state index < -0.39 is 0 Å². The zero-order chi connectivity index (χ0) is 17.4. The minimum absolute atomic E-state index is 0.641. The van der Waals surface area contributed by atoms with Crippen molar-refractivity contribution in [3.8, 4) is 11.5 Å². The largest absolute Gasteiger partial charge is 0.493 e. The molecule has 24 heavy (non-hydrogen) atoms. The van der Waals surface area contributed by atoms with Gasteiger partial charge in [0.1, 0.15) is 17.7 Å². The Labute approximate surface area is 144 Å². The van der Waals surface area contributed by atoms with E-state index in [1.165, 1.54) is 6.42 Å². The molecule has 0 saturated heterocycles. The molecule has 6 nitrogen and oxygen atoms in total. The van der Waals surface area contributed by atoms with E-state index in [0.717, 1.165) is 49.3 Å². The SMILES string of the molecule is CCN(CC)CCCCNc1ncnc2c(OC)c(OC)ccc12. The molecular weight excluding hydrogens is 304 g/mol. The first-order valence-electron chi connectivity index (χ1n) is 8.57. The molecule has 0 fully saturated rings. The van der Waals surface area contributed by atoms with Crippen molar-refractivity contribution in [2.75, 3.05) is 45.7 Å². The number of fused-ring (bicyclic) bond motifs is 1. The Kier molecular flexibility index (Phi) is 7.06. The molecule has 1 N–H and O–H groups in total.